The van der Waals surface area contributed by atoms with Crippen molar-refractivity contribution >= 4 is 39.1 Å². The van der Waals surface area contributed by atoms with Crippen molar-refractivity contribution in [1.82, 2.24) is 9.55 Å². The van der Waals surface area contributed by atoms with Crippen molar-refractivity contribution in [2.24, 2.45) is 0 Å². The fourth-order valence-corrected chi connectivity index (χ4v) is 3.58. The molecule has 8 heteroatoms. The first-order valence-corrected chi connectivity index (χ1v) is 8.75. The minimum Gasteiger partial charge on any atom is -0.478 e. The second-order valence-electron chi connectivity index (χ2n) is 6.03. The number of nitrogens with one attached hydrogen (secondary N) is 1. The third kappa shape index (κ3) is 3.23. The molecule has 0 bridgehead atoms. The predicted octanol–water partition coefficient (Wildman–Crippen LogP) is 2.72. The van der Waals surface area contributed by atoms with Crippen LogP contribution in [0.3, 0.4) is 0 Å². The molecule has 1 aromatic carbocycles. The number of benzene rings is 1. The number of nitrogens with zero attached hydrogens (tertiary/aromatic N) is 2. The number of anilines is 1. The van der Waals surface area contributed by atoms with Gasteiger partial charge in [0, 0.05) is 11.1 Å². The van der Waals surface area contributed by atoms with Crippen LogP contribution in [0.4, 0.5) is 5.69 Å². The summed E-state index contributed by atoms with van der Waals surface area (Å²) in [6.45, 7) is 5.30. The van der Waals surface area contributed by atoms with E-state index < -0.39 is 11.5 Å². The van der Waals surface area contributed by atoms with Crippen LogP contribution in [-0.4, -0.2) is 26.5 Å². The van der Waals surface area contributed by atoms with E-state index in [9.17, 15) is 19.5 Å². The second kappa shape index (κ2) is 6.72. The third-order valence-electron chi connectivity index (χ3n) is 4.21. The highest BCUT2D eigenvalue weighted by Crippen LogP contribution is 2.21. The molecular weight excluding hydrogens is 354 g/mol. The summed E-state index contributed by atoms with van der Waals surface area (Å²) < 4.78 is 1.19. The summed E-state index contributed by atoms with van der Waals surface area (Å²) in [4.78, 5) is 41.0. The molecule has 0 unspecified atom stereocenters. The Balaban J connectivity index is 1.93. The SMILES string of the molecule is Cc1ccc(NC(=O)Cn2c(C)nc3scc(C(=O)O)c3c2=O)cc1C. The molecule has 2 N–H and O–H groups in total. The number of rotatable bonds is 4. The van der Waals surface area contributed by atoms with Crippen LogP contribution >= 0.6 is 11.3 Å². The minimum absolute atomic E-state index is 0.0343. The molecule has 0 spiro atoms. The minimum atomic E-state index is -1.19. The molecule has 1 amide bonds. The van der Waals surface area contributed by atoms with Crippen LogP contribution in [0.5, 0.6) is 0 Å². The van der Waals surface area contributed by atoms with Crippen molar-refractivity contribution in [2.45, 2.75) is 27.3 Å². The Hall–Kier alpha value is -3.00. The average Bonchev–Trinajstić information content (AvgIpc) is 2.99. The highest BCUT2D eigenvalue weighted by molar-refractivity contribution is 7.17. The van der Waals surface area contributed by atoms with E-state index in [1.807, 2.05) is 26.0 Å². The van der Waals surface area contributed by atoms with E-state index in [-0.39, 0.29) is 23.4 Å². The first-order valence-electron chi connectivity index (χ1n) is 7.87. The van der Waals surface area contributed by atoms with E-state index in [0.29, 0.717) is 16.3 Å². The summed E-state index contributed by atoms with van der Waals surface area (Å²) in [5.41, 5.74) is 2.18. The lowest BCUT2D eigenvalue weighted by Crippen LogP contribution is -2.30. The zero-order chi connectivity index (χ0) is 19.0. The molecule has 7 nitrogen and oxygen atoms in total. The van der Waals surface area contributed by atoms with Gasteiger partial charge in [-0.25, -0.2) is 9.78 Å². The Kier molecular flexibility index (Phi) is 4.60. The fourth-order valence-electron chi connectivity index (χ4n) is 2.63. The molecular formula is C18H17N3O4S. The van der Waals surface area contributed by atoms with Crippen molar-refractivity contribution in [3.8, 4) is 0 Å². The summed E-state index contributed by atoms with van der Waals surface area (Å²) in [7, 11) is 0. The molecule has 0 saturated carbocycles. The van der Waals surface area contributed by atoms with E-state index in [0.717, 1.165) is 22.5 Å². The Bertz CT molecular complexity index is 1100. The molecule has 26 heavy (non-hydrogen) atoms. The van der Waals surface area contributed by atoms with Gasteiger partial charge in [0.1, 0.15) is 17.2 Å². The molecule has 2 heterocycles. The third-order valence-corrected chi connectivity index (χ3v) is 5.08. The molecule has 0 fully saturated rings. The number of aryl methyl sites for hydroxylation is 3. The van der Waals surface area contributed by atoms with Gasteiger partial charge in [-0.15, -0.1) is 11.3 Å². The summed E-state index contributed by atoms with van der Waals surface area (Å²) in [5.74, 6) is -1.21. The maximum absolute atomic E-state index is 12.7. The number of hydrogen-bond acceptors (Lipinski definition) is 5. The van der Waals surface area contributed by atoms with Crippen LogP contribution < -0.4 is 10.9 Å². The first-order chi connectivity index (χ1) is 12.3. The number of fused-ring (bicyclic) bond motifs is 1. The Morgan fingerprint density at radius 2 is 1.96 bits per heavy atom. The number of aromatic carboxylic acids is 1. The maximum Gasteiger partial charge on any atom is 0.337 e. The summed E-state index contributed by atoms with van der Waals surface area (Å²) in [5, 5.41) is 13.4. The van der Waals surface area contributed by atoms with E-state index in [2.05, 4.69) is 10.3 Å². The lowest BCUT2D eigenvalue weighted by molar-refractivity contribution is -0.116. The quantitative estimate of drug-likeness (QED) is 0.734. The average molecular weight is 371 g/mol. The summed E-state index contributed by atoms with van der Waals surface area (Å²) >= 11 is 1.10. The van der Waals surface area contributed by atoms with Crippen molar-refractivity contribution < 1.29 is 14.7 Å². The highest BCUT2D eigenvalue weighted by Gasteiger charge is 2.19. The number of carboxylic acids is 1. The molecule has 0 radical (unpaired) electrons. The van der Waals surface area contributed by atoms with Gasteiger partial charge in [-0.2, -0.15) is 0 Å². The molecule has 0 atom stereocenters. The van der Waals surface area contributed by atoms with Gasteiger partial charge in [-0.05, 0) is 44.0 Å². The monoisotopic (exact) mass is 371 g/mol. The van der Waals surface area contributed by atoms with E-state index in [1.165, 1.54) is 9.95 Å². The van der Waals surface area contributed by atoms with E-state index >= 15 is 0 Å². The van der Waals surface area contributed by atoms with Gasteiger partial charge in [0.25, 0.3) is 5.56 Å². The lowest BCUT2D eigenvalue weighted by Gasteiger charge is -2.11. The number of amides is 1. The van der Waals surface area contributed by atoms with Gasteiger partial charge < -0.3 is 10.4 Å². The molecule has 2 aromatic heterocycles. The normalized spacial score (nSPS) is 10.9. The Morgan fingerprint density at radius 3 is 2.62 bits per heavy atom. The first kappa shape index (κ1) is 17.8. The highest BCUT2D eigenvalue weighted by atomic mass is 32.1. The van der Waals surface area contributed by atoms with Gasteiger partial charge in [-0.3, -0.25) is 14.2 Å². The number of aromatic nitrogens is 2. The van der Waals surface area contributed by atoms with Crippen LogP contribution in [0, 0.1) is 20.8 Å². The van der Waals surface area contributed by atoms with Crippen LogP contribution in [0.2, 0.25) is 0 Å². The number of hydrogen-bond donors (Lipinski definition) is 2. The van der Waals surface area contributed by atoms with Crippen LogP contribution in [0.1, 0.15) is 27.3 Å². The van der Waals surface area contributed by atoms with Crippen LogP contribution in [0.15, 0.2) is 28.4 Å². The van der Waals surface area contributed by atoms with Gasteiger partial charge in [-0.1, -0.05) is 6.07 Å². The fraction of sp³-hybridized carbons (Fsp3) is 0.222. The zero-order valence-electron chi connectivity index (χ0n) is 14.5. The number of carbonyl (C=O) groups excluding carboxylic acids is 1. The van der Waals surface area contributed by atoms with Gasteiger partial charge in [0.05, 0.1) is 10.9 Å². The second-order valence-corrected chi connectivity index (χ2v) is 6.89. The predicted molar refractivity (Wildman–Crippen MR) is 100 cm³/mol. The van der Waals surface area contributed by atoms with Gasteiger partial charge in [0.15, 0.2) is 0 Å². The van der Waals surface area contributed by atoms with Crippen LogP contribution in [0.25, 0.3) is 10.2 Å². The molecule has 0 saturated heterocycles. The smallest absolute Gasteiger partial charge is 0.337 e. The largest absolute Gasteiger partial charge is 0.478 e. The molecule has 0 aliphatic carbocycles. The zero-order valence-corrected chi connectivity index (χ0v) is 15.3. The lowest BCUT2D eigenvalue weighted by atomic mass is 10.1. The topological polar surface area (TPSA) is 101 Å². The van der Waals surface area contributed by atoms with Crippen LogP contribution in [-0.2, 0) is 11.3 Å². The van der Waals surface area contributed by atoms with Gasteiger partial charge in [0.2, 0.25) is 5.91 Å². The summed E-state index contributed by atoms with van der Waals surface area (Å²) in [6, 6.07) is 5.55. The molecule has 0 aliphatic rings. The molecule has 0 aliphatic heterocycles. The standard InChI is InChI=1S/C18H17N3O4S/c1-9-4-5-12(6-10(9)2)20-14(22)7-21-11(3)19-16-15(17(21)23)13(8-26-16)18(24)25/h4-6,8H,7H2,1-3H3,(H,20,22)(H,24,25). The van der Waals surface area contributed by atoms with Crippen molar-refractivity contribution in [3.63, 3.8) is 0 Å². The van der Waals surface area contributed by atoms with Crippen molar-refractivity contribution in [1.29, 1.82) is 0 Å². The number of carboxylic acid groups (broad SMARTS) is 1. The summed E-state index contributed by atoms with van der Waals surface area (Å²) in [6.07, 6.45) is 0. The van der Waals surface area contributed by atoms with E-state index in [4.69, 9.17) is 0 Å². The van der Waals surface area contributed by atoms with Gasteiger partial charge >= 0.3 is 5.97 Å². The Morgan fingerprint density at radius 1 is 1.23 bits per heavy atom. The number of thiophene rings is 1. The number of carbonyl (C=O) groups is 2. The molecule has 3 rings (SSSR count). The van der Waals surface area contributed by atoms with Crippen molar-refractivity contribution in [3.05, 3.63) is 56.4 Å². The van der Waals surface area contributed by atoms with Crippen molar-refractivity contribution in [2.75, 3.05) is 5.32 Å². The molecule has 134 valence electrons. The molecule has 3 aromatic rings. The van der Waals surface area contributed by atoms with E-state index in [1.54, 1.807) is 13.0 Å². The maximum atomic E-state index is 12.7. The Labute approximate surface area is 152 Å².